The number of amides is 1. The van der Waals surface area contributed by atoms with Crippen LogP contribution in [0.5, 0.6) is 0 Å². The lowest BCUT2D eigenvalue weighted by molar-refractivity contribution is -0.0796. The number of hydrogen-bond acceptors (Lipinski definition) is 6. The maximum absolute atomic E-state index is 12.9. The van der Waals surface area contributed by atoms with Crippen molar-refractivity contribution >= 4 is 11.7 Å². The standard InChI is InChI=1S/C21H28N6O2/c1-25-9-11-27(12-10-25)20(28)16-2-6-22-18(14-16)26-7-4-21(5-8-26)19-17(3-13-29-21)15-23-24-19/h2,6,14-15H,3-5,7-13H2,1H3,(H,23,24). The van der Waals surface area contributed by atoms with Gasteiger partial charge >= 0.3 is 0 Å². The molecular formula is C21H28N6O2. The fourth-order valence-corrected chi connectivity index (χ4v) is 4.73. The number of nitrogens with one attached hydrogen (secondary N) is 1. The van der Waals surface area contributed by atoms with E-state index in [2.05, 4.69) is 32.0 Å². The van der Waals surface area contributed by atoms with E-state index in [1.54, 1.807) is 6.20 Å². The Morgan fingerprint density at radius 1 is 1.17 bits per heavy atom. The van der Waals surface area contributed by atoms with Gasteiger partial charge in [0.15, 0.2) is 0 Å². The number of piperidine rings is 1. The molecule has 8 heteroatoms. The molecule has 2 aromatic rings. The number of carbonyl (C=O) groups is 1. The number of pyridine rings is 1. The first-order valence-electron chi connectivity index (χ1n) is 10.5. The summed E-state index contributed by atoms with van der Waals surface area (Å²) in [4.78, 5) is 23.9. The van der Waals surface area contributed by atoms with Gasteiger partial charge in [-0.3, -0.25) is 9.89 Å². The molecule has 5 heterocycles. The van der Waals surface area contributed by atoms with Crippen molar-refractivity contribution in [2.45, 2.75) is 24.9 Å². The summed E-state index contributed by atoms with van der Waals surface area (Å²) in [5.74, 6) is 0.980. The van der Waals surface area contributed by atoms with E-state index in [1.165, 1.54) is 5.56 Å². The van der Waals surface area contributed by atoms with Crippen molar-refractivity contribution in [1.29, 1.82) is 0 Å². The lowest BCUT2D eigenvalue weighted by Gasteiger charge is -2.43. The minimum absolute atomic E-state index is 0.105. The van der Waals surface area contributed by atoms with Gasteiger partial charge in [0, 0.05) is 51.0 Å². The van der Waals surface area contributed by atoms with Crippen LogP contribution in [0.1, 0.15) is 34.5 Å². The Kier molecular flexibility index (Phi) is 4.75. The first-order chi connectivity index (χ1) is 14.1. The number of fused-ring (bicyclic) bond motifs is 2. The molecule has 2 fully saturated rings. The van der Waals surface area contributed by atoms with Gasteiger partial charge in [-0.25, -0.2) is 4.98 Å². The van der Waals surface area contributed by atoms with Crippen molar-refractivity contribution in [3.63, 3.8) is 0 Å². The molecule has 5 rings (SSSR count). The van der Waals surface area contributed by atoms with Crippen LogP contribution in [-0.4, -0.2) is 83.8 Å². The molecule has 3 aliphatic rings. The number of aromatic nitrogens is 3. The van der Waals surface area contributed by atoms with E-state index in [1.807, 2.05) is 23.2 Å². The Bertz CT molecular complexity index is 881. The Hall–Kier alpha value is -2.45. The van der Waals surface area contributed by atoms with Crippen LogP contribution in [0.2, 0.25) is 0 Å². The van der Waals surface area contributed by atoms with Crippen LogP contribution < -0.4 is 4.90 Å². The van der Waals surface area contributed by atoms with Crippen LogP contribution in [0.3, 0.4) is 0 Å². The second-order valence-corrected chi connectivity index (χ2v) is 8.35. The number of aromatic amines is 1. The first kappa shape index (κ1) is 18.6. The molecule has 1 spiro atoms. The highest BCUT2D eigenvalue weighted by atomic mass is 16.5. The van der Waals surface area contributed by atoms with E-state index < -0.39 is 0 Å². The molecule has 29 heavy (non-hydrogen) atoms. The number of rotatable bonds is 2. The molecule has 2 saturated heterocycles. The summed E-state index contributed by atoms with van der Waals surface area (Å²) in [5.41, 5.74) is 2.90. The molecule has 154 valence electrons. The quantitative estimate of drug-likeness (QED) is 0.824. The molecule has 0 unspecified atom stereocenters. The van der Waals surface area contributed by atoms with Crippen LogP contribution in [-0.2, 0) is 16.8 Å². The molecule has 0 aromatic carbocycles. The average molecular weight is 396 g/mol. The Labute approximate surface area is 170 Å². The van der Waals surface area contributed by atoms with Crippen molar-refractivity contribution in [3.8, 4) is 0 Å². The second-order valence-electron chi connectivity index (χ2n) is 8.35. The lowest BCUT2D eigenvalue weighted by Crippen LogP contribution is -2.47. The zero-order valence-corrected chi connectivity index (χ0v) is 16.9. The Morgan fingerprint density at radius 2 is 1.97 bits per heavy atom. The Balaban J connectivity index is 1.29. The molecule has 0 aliphatic carbocycles. The van der Waals surface area contributed by atoms with E-state index in [0.29, 0.717) is 0 Å². The van der Waals surface area contributed by atoms with E-state index in [9.17, 15) is 4.79 Å². The van der Waals surface area contributed by atoms with Crippen molar-refractivity contribution < 1.29 is 9.53 Å². The topological polar surface area (TPSA) is 77.6 Å². The number of nitrogens with zero attached hydrogens (tertiary/aromatic N) is 5. The molecule has 0 saturated carbocycles. The van der Waals surface area contributed by atoms with Crippen molar-refractivity contribution in [1.82, 2.24) is 25.0 Å². The summed E-state index contributed by atoms with van der Waals surface area (Å²) in [6.07, 6.45) is 6.39. The van der Waals surface area contributed by atoms with Crippen LogP contribution in [0, 0.1) is 0 Å². The Morgan fingerprint density at radius 3 is 2.76 bits per heavy atom. The minimum atomic E-state index is -0.256. The highest BCUT2D eigenvalue weighted by Crippen LogP contribution is 2.40. The summed E-state index contributed by atoms with van der Waals surface area (Å²) in [5, 5.41) is 7.41. The molecule has 1 N–H and O–H groups in total. The third kappa shape index (κ3) is 3.40. The number of likely N-dealkylation sites (N-methyl/N-ethyl adjacent to an activating group) is 1. The zero-order chi connectivity index (χ0) is 19.8. The van der Waals surface area contributed by atoms with E-state index in [0.717, 1.165) is 82.2 Å². The summed E-state index contributed by atoms with van der Waals surface area (Å²) in [7, 11) is 2.09. The predicted octanol–water partition coefficient (Wildman–Crippen LogP) is 1.26. The number of hydrogen-bond donors (Lipinski definition) is 1. The SMILES string of the molecule is CN1CCN(C(=O)c2ccnc(N3CCC4(CC3)OCCc3cn[nH]c34)c2)CC1. The average Bonchev–Trinajstić information content (AvgIpc) is 3.25. The molecule has 0 bridgehead atoms. The number of carbonyl (C=O) groups excluding carboxylic acids is 1. The fourth-order valence-electron chi connectivity index (χ4n) is 4.73. The maximum Gasteiger partial charge on any atom is 0.254 e. The van der Waals surface area contributed by atoms with Crippen molar-refractivity contribution in [2.75, 3.05) is 57.8 Å². The summed E-state index contributed by atoms with van der Waals surface area (Å²) in [6, 6.07) is 3.78. The minimum Gasteiger partial charge on any atom is -0.368 e. The second kappa shape index (κ2) is 7.42. The third-order valence-corrected chi connectivity index (χ3v) is 6.60. The molecular weight excluding hydrogens is 368 g/mol. The monoisotopic (exact) mass is 396 g/mol. The van der Waals surface area contributed by atoms with E-state index in [4.69, 9.17) is 4.74 Å². The van der Waals surface area contributed by atoms with Gasteiger partial charge in [0.25, 0.3) is 5.91 Å². The zero-order valence-electron chi connectivity index (χ0n) is 16.9. The molecule has 0 atom stereocenters. The molecule has 8 nitrogen and oxygen atoms in total. The first-order valence-corrected chi connectivity index (χ1v) is 10.5. The van der Waals surface area contributed by atoms with Crippen molar-refractivity contribution in [2.24, 2.45) is 0 Å². The van der Waals surface area contributed by atoms with Gasteiger partial charge in [0.05, 0.1) is 18.5 Å². The maximum atomic E-state index is 12.9. The number of ether oxygens (including phenoxy) is 1. The summed E-state index contributed by atoms with van der Waals surface area (Å²) >= 11 is 0. The third-order valence-electron chi connectivity index (χ3n) is 6.60. The highest BCUT2D eigenvalue weighted by Gasteiger charge is 2.42. The predicted molar refractivity (Wildman–Crippen MR) is 109 cm³/mol. The highest BCUT2D eigenvalue weighted by molar-refractivity contribution is 5.95. The summed E-state index contributed by atoms with van der Waals surface area (Å²) < 4.78 is 6.24. The van der Waals surface area contributed by atoms with Gasteiger partial charge in [0.2, 0.25) is 0 Å². The van der Waals surface area contributed by atoms with Gasteiger partial charge in [-0.15, -0.1) is 0 Å². The molecule has 2 aromatic heterocycles. The summed E-state index contributed by atoms with van der Waals surface area (Å²) in [6.45, 7) is 5.85. The van der Waals surface area contributed by atoms with Crippen LogP contribution in [0.25, 0.3) is 0 Å². The van der Waals surface area contributed by atoms with Gasteiger partial charge in [0.1, 0.15) is 11.4 Å². The van der Waals surface area contributed by atoms with Crippen LogP contribution >= 0.6 is 0 Å². The van der Waals surface area contributed by atoms with E-state index in [-0.39, 0.29) is 11.5 Å². The fraction of sp³-hybridized carbons (Fsp3) is 0.571. The van der Waals surface area contributed by atoms with Crippen LogP contribution in [0.4, 0.5) is 5.82 Å². The number of piperazine rings is 1. The van der Waals surface area contributed by atoms with Crippen LogP contribution in [0.15, 0.2) is 24.5 Å². The lowest BCUT2D eigenvalue weighted by atomic mass is 9.84. The van der Waals surface area contributed by atoms with E-state index >= 15 is 0 Å². The van der Waals surface area contributed by atoms with Gasteiger partial charge in [-0.05, 0) is 44.0 Å². The normalized spacial score (nSPS) is 22.0. The van der Waals surface area contributed by atoms with Gasteiger partial charge in [-0.2, -0.15) is 5.10 Å². The molecule has 3 aliphatic heterocycles. The van der Waals surface area contributed by atoms with Gasteiger partial charge in [-0.1, -0.05) is 0 Å². The molecule has 0 radical (unpaired) electrons. The van der Waals surface area contributed by atoms with Crippen molar-refractivity contribution in [3.05, 3.63) is 41.3 Å². The molecule has 1 amide bonds. The number of anilines is 1. The van der Waals surface area contributed by atoms with Gasteiger partial charge < -0.3 is 19.4 Å². The largest absolute Gasteiger partial charge is 0.368 e. The smallest absolute Gasteiger partial charge is 0.254 e. The number of H-pyrrole nitrogens is 1.